The van der Waals surface area contributed by atoms with Crippen molar-refractivity contribution in [3.63, 3.8) is 0 Å². The second-order valence-corrected chi connectivity index (χ2v) is 5.37. The van der Waals surface area contributed by atoms with Crippen molar-refractivity contribution < 1.29 is 14.3 Å². The summed E-state index contributed by atoms with van der Waals surface area (Å²) in [6, 6.07) is 6.85. The van der Waals surface area contributed by atoms with Crippen molar-refractivity contribution in [2.45, 2.75) is 58.8 Å². The van der Waals surface area contributed by atoms with E-state index in [-0.39, 0.29) is 11.9 Å². The van der Waals surface area contributed by atoms with Gasteiger partial charge in [-0.05, 0) is 31.5 Å². The Morgan fingerprint density at radius 3 is 2.50 bits per heavy atom. The number of unbranched alkanes of at least 4 members (excludes halogenated alkanes) is 5. The number of ether oxygens (including phenoxy) is 1. The Labute approximate surface area is 133 Å². The molecule has 0 aromatic heterocycles. The number of rotatable bonds is 10. The van der Waals surface area contributed by atoms with E-state index in [1.807, 2.05) is 0 Å². The number of esters is 1. The summed E-state index contributed by atoms with van der Waals surface area (Å²) in [5.74, 6) is -0.369. The predicted molar refractivity (Wildman–Crippen MR) is 89.0 cm³/mol. The standard InChI is InChI=1S/C18H27NO3/c1-3-5-6-7-8-9-13-17(20)19-16-12-10-11-15(14-16)18(21)22-4-2/h10-12,14H,3-9,13H2,1-2H3,(H,19,20). The van der Waals surface area contributed by atoms with Crippen LogP contribution in [0.2, 0.25) is 0 Å². The topological polar surface area (TPSA) is 55.4 Å². The molecule has 4 heteroatoms. The van der Waals surface area contributed by atoms with Crippen LogP contribution in [0, 0.1) is 0 Å². The molecule has 4 nitrogen and oxygen atoms in total. The van der Waals surface area contributed by atoms with Crippen molar-refractivity contribution in [1.82, 2.24) is 0 Å². The number of carbonyl (C=O) groups is 2. The van der Waals surface area contributed by atoms with Crippen molar-refractivity contribution >= 4 is 17.6 Å². The number of anilines is 1. The molecule has 0 aliphatic rings. The molecule has 0 atom stereocenters. The molecule has 122 valence electrons. The van der Waals surface area contributed by atoms with Gasteiger partial charge in [0.25, 0.3) is 0 Å². The van der Waals surface area contributed by atoms with Gasteiger partial charge in [-0.1, -0.05) is 45.1 Å². The van der Waals surface area contributed by atoms with Gasteiger partial charge >= 0.3 is 5.97 Å². The molecule has 22 heavy (non-hydrogen) atoms. The SMILES string of the molecule is CCCCCCCCC(=O)Nc1cccc(C(=O)OCC)c1. The maximum atomic E-state index is 11.9. The number of hydrogen-bond acceptors (Lipinski definition) is 3. The molecule has 0 radical (unpaired) electrons. The average molecular weight is 305 g/mol. The van der Waals surface area contributed by atoms with Crippen molar-refractivity contribution in [3.8, 4) is 0 Å². The molecule has 1 aromatic rings. The first-order chi connectivity index (χ1) is 10.7. The summed E-state index contributed by atoms with van der Waals surface area (Å²) in [6.07, 6.45) is 7.47. The van der Waals surface area contributed by atoms with E-state index in [9.17, 15) is 9.59 Å². The van der Waals surface area contributed by atoms with Gasteiger partial charge in [-0.3, -0.25) is 4.79 Å². The predicted octanol–water partition coefficient (Wildman–Crippen LogP) is 4.55. The molecule has 0 saturated carbocycles. The van der Waals surface area contributed by atoms with Gasteiger partial charge in [0.05, 0.1) is 12.2 Å². The van der Waals surface area contributed by atoms with E-state index in [0.717, 1.165) is 12.8 Å². The molecule has 1 rings (SSSR count). The first kappa shape index (κ1) is 18.2. The van der Waals surface area contributed by atoms with Crippen molar-refractivity contribution in [2.24, 2.45) is 0 Å². The lowest BCUT2D eigenvalue weighted by Crippen LogP contribution is -2.12. The minimum atomic E-state index is -0.366. The Hall–Kier alpha value is -1.84. The van der Waals surface area contributed by atoms with Crippen LogP contribution in [0.1, 0.15) is 69.2 Å². The normalized spacial score (nSPS) is 10.3. The van der Waals surface area contributed by atoms with Gasteiger partial charge in [0, 0.05) is 12.1 Å². The molecule has 0 fully saturated rings. The quantitative estimate of drug-likeness (QED) is 0.509. The Kier molecular flexibility index (Phi) is 8.96. The number of benzene rings is 1. The van der Waals surface area contributed by atoms with Crippen LogP contribution >= 0.6 is 0 Å². The summed E-state index contributed by atoms with van der Waals surface area (Å²) < 4.78 is 4.95. The Balaban J connectivity index is 2.35. The van der Waals surface area contributed by atoms with Crippen LogP contribution in [0.15, 0.2) is 24.3 Å². The summed E-state index contributed by atoms with van der Waals surface area (Å²) in [4.78, 5) is 23.5. The van der Waals surface area contributed by atoms with Crippen LogP contribution in [-0.2, 0) is 9.53 Å². The van der Waals surface area contributed by atoms with E-state index < -0.39 is 0 Å². The van der Waals surface area contributed by atoms with Gasteiger partial charge in [-0.15, -0.1) is 0 Å². The van der Waals surface area contributed by atoms with Crippen LogP contribution in [0.5, 0.6) is 0 Å². The molecule has 1 amide bonds. The van der Waals surface area contributed by atoms with Gasteiger partial charge in [-0.2, -0.15) is 0 Å². The molecule has 0 bridgehead atoms. The third-order valence-corrected chi connectivity index (χ3v) is 3.41. The maximum absolute atomic E-state index is 11.9. The zero-order valence-electron chi connectivity index (χ0n) is 13.7. The minimum absolute atomic E-state index is 0.00324. The highest BCUT2D eigenvalue weighted by Crippen LogP contribution is 2.13. The molecule has 0 aliphatic heterocycles. The fraction of sp³-hybridized carbons (Fsp3) is 0.556. The smallest absolute Gasteiger partial charge is 0.338 e. The second-order valence-electron chi connectivity index (χ2n) is 5.37. The van der Waals surface area contributed by atoms with E-state index in [2.05, 4.69) is 12.2 Å². The number of nitrogens with one attached hydrogen (secondary N) is 1. The summed E-state index contributed by atoms with van der Waals surface area (Å²) in [7, 11) is 0. The molecule has 0 heterocycles. The lowest BCUT2D eigenvalue weighted by Gasteiger charge is -2.07. The Bertz CT molecular complexity index is 471. The summed E-state index contributed by atoms with van der Waals surface area (Å²) in [5, 5.41) is 2.83. The van der Waals surface area contributed by atoms with Gasteiger partial charge in [0.1, 0.15) is 0 Å². The molecule has 1 aromatic carbocycles. The van der Waals surface area contributed by atoms with Gasteiger partial charge in [0.2, 0.25) is 5.91 Å². The lowest BCUT2D eigenvalue weighted by atomic mass is 10.1. The molecule has 1 N–H and O–H groups in total. The van der Waals surface area contributed by atoms with E-state index in [0.29, 0.717) is 24.3 Å². The second kappa shape index (κ2) is 10.8. The van der Waals surface area contributed by atoms with Crippen LogP contribution in [0.3, 0.4) is 0 Å². The zero-order chi connectivity index (χ0) is 16.2. The van der Waals surface area contributed by atoms with Crippen molar-refractivity contribution in [2.75, 3.05) is 11.9 Å². The van der Waals surface area contributed by atoms with Gasteiger partial charge in [0.15, 0.2) is 0 Å². The monoisotopic (exact) mass is 305 g/mol. The molecular formula is C18H27NO3. The van der Waals surface area contributed by atoms with Crippen LogP contribution in [0.25, 0.3) is 0 Å². The summed E-state index contributed by atoms with van der Waals surface area (Å²) >= 11 is 0. The van der Waals surface area contributed by atoms with Crippen LogP contribution < -0.4 is 5.32 Å². The molecule has 0 aliphatic carbocycles. The third-order valence-electron chi connectivity index (χ3n) is 3.41. The van der Waals surface area contributed by atoms with Crippen molar-refractivity contribution in [1.29, 1.82) is 0 Å². The van der Waals surface area contributed by atoms with Gasteiger partial charge in [-0.25, -0.2) is 4.79 Å². The van der Waals surface area contributed by atoms with E-state index in [1.165, 1.54) is 25.7 Å². The van der Waals surface area contributed by atoms with E-state index in [1.54, 1.807) is 31.2 Å². The number of carbonyl (C=O) groups excluding carboxylic acids is 2. The molecule has 0 unspecified atom stereocenters. The molecule has 0 saturated heterocycles. The van der Waals surface area contributed by atoms with E-state index in [4.69, 9.17) is 4.74 Å². The highest BCUT2D eigenvalue weighted by Gasteiger charge is 2.08. The Morgan fingerprint density at radius 1 is 1.05 bits per heavy atom. The molecular weight excluding hydrogens is 278 g/mol. The number of hydrogen-bond donors (Lipinski definition) is 1. The highest BCUT2D eigenvalue weighted by atomic mass is 16.5. The van der Waals surface area contributed by atoms with Crippen LogP contribution in [-0.4, -0.2) is 18.5 Å². The van der Waals surface area contributed by atoms with Crippen molar-refractivity contribution in [3.05, 3.63) is 29.8 Å². The first-order valence-electron chi connectivity index (χ1n) is 8.24. The maximum Gasteiger partial charge on any atom is 0.338 e. The van der Waals surface area contributed by atoms with Crippen LogP contribution in [0.4, 0.5) is 5.69 Å². The average Bonchev–Trinajstić information content (AvgIpc) is 2.51. The van der Waals surface area contributed by atoms with E-state index >= 15 is 0 Å². The fourth-order valence-electron chi connectivity index (χ4n) is 2.23. The summed E-state index contributed by atoms with van der Waals surface area (Å²) in [5.41, 5.74) is 1.10. The zero-order valence-corrected chi connectivity index (χ0v) is 13.7. The first-order valence-corrected chi connectivity index (χ1v) is 8.24. The van der Waals surface area contributed by atoms with Gasteiger partial charge < -0.3 is 10.1 Å². The number of amides is 1. The third kappa shape index (κ3) is 7.25. The lowest BCUT2D eigenvalue weighted by molar-refractivity contribution is -0.116. The minimum Gasteiger partial charge on any atom is -0.462 e. The largest absolute Gasteiger partial charge is 0.462 e. The summed E-state index contributed by atoms with van der Waals surface area (Å²) in [6.45, 7) is 4.30. The highest BCUT2D eigenvalue weighted by molar-refractivity contribution is 5.94. The fourth-order valence-corrected chi connectivity index (χ4v) is 2.23. The molecule has 0 spiro atoms. The Morgan fingerprint density at radius 2 is 1.77 bits per heavy atom.